The molecule has 172 valence electrons. The smallest absolute Gasteiger partial charge is 0.223 e. The molecule has 4 rings (SSSR count). The molecule has 9 heteroatoms. The molecule has 1 fully saturated rings. The zero-order valence-corrected chi connectivity index (χ0v) is 19.3. The summed E-state index contributed by atoms with van der Waals surface area (Å²) in [6.07, 6.45) is 1.40. The van der Waals surface area contributed by atoms with Crippen molar-refractivity contribution in [1.82, 2.24) is 15.0 Å². The van der Waals surface area contributed by atoms with E-state index in [9.17, 15) is 10.2 Å². The quantitative estimate of drug-likeness (QED) is 0.450. The zero-order chi connectivity index (χ0) is 23.2. The van der Waals surface area contributed by atoms with Crippen LogP contribution in [-0.2, 0) is 10.3 Å². The minimum absolute atomic E-state index is 0.0490. The fourth-order valence-electron chi connectivity index (χ4n) is 4.19. The van der Waals surface area contributed by atoms with Crippen molar-refractivity contribution in [3.8, 4) is 11.3 Å². The zero-order valence-electron chi connectivity index (χ0n) is 18.5. The van der Waals surface area contributed by atoms with Crippen molar-refractivity contribution < 1.29 is 19.3 Å². The van der Waals surface area contributed by atoms with Gasteiger partial charge in [-0.3, -0.25) is 0 Å². The predicted octanol–water partition coefficient (Wildman–Crippen LogP) is 4.33. The van der Waals surface area contributed by atoms with Gasteiger partial charge >= 0.3 is 0 Å². The molecule has 0 saturated carbocycles. The van der Waals surface area contributed by atoms with Crippen molar-refractivity contribution in [3.63, 3.8) is 0 Å². The van der Waals surface area contributed by atoms with Crippen molar-refractivity contribution in [2.45, 2.75) is 57.8 Å². The summed E-state index contributed by atoms with van der Waals surface area (Å²) in [7, 11) is 0. The molecule has 1 aliphatic heterocycles. The van der Waals surface area contributed by atoms with Crippen LogP contribution in [0.25, 0.3) is 22.2 Å². The lowest BCUT2D eigenvalue weighted by Gasteiger charge is -2.28. The van der Waals surface area contributed by atoms with E-state index in [2.05, 4.69) is 20.3 Å². The van der Waals surface area contributed by atoms with Gasteiger partial charge in [-0.25, -0.2) is 14.4 Å². The maximum Gasteiger partial charge on any atom is 0.223 e. The second-order valence-corrected chi connectivity index (χ2v) is 9.49. The fourth-order valence-corrected chi connectivity index (χ4v) is 4.39. The molecule has 0 radical (unpaired) electrons. The lowest BCUT2D eigenvalue weighted by molar-refractivity contribution is -0.0136. The van der Waals surface area contributed by atoms with Crippen LogP contribution in [0.2, 0.25) is 5.02 Å². The van der Waals surface area contributed by atoms with Gasteiger partial charge < -0.3 is 25.3 Å². The van der Waals surface area contributed by atoms with Gasteiger partial charge in [-0.15, -0.1) is 0 Å². The molecule has 1 aromatic carbocycles. The maximum absolute atomic E-state index is 15.2. The molecule has 1 aliphatic rings. The monoisotopic (exact) mass is 462 g/mol. The highest BCUT2D eigenvalue weighted by Gasteiger charge is 2.28. The Labute approximate surface area is 191 Å². The van der Waals surface area contributed by atoms with Gasteiger partial charge in [0.15, 0.2) is 0 Å². The lowest BCUT2D eigenvalue weighted by Crippen LogP contribution is -2.42. The van der Waals surface area contributed by atoms with Crippen LogP contribution in [-0.4, -0.2) is 50.5 Å². The number of aliphatic hydroxyl groups is 2. The number of halogens is 2. The number of anilines is 1. The van der Waals surface area contributed by atoms with E-state index in [1.165, 1.54) is 12.3 Å². The average molecular weight is 463 g/mol. The Kier molecular flexibility index (Phi) is 6.15. The number of nitrogens with one attached hydrogen (secondary N) is 2. The van der Waals surface area contributed by atoms with Crippen LogP contribution in [0.15, 0.2) is 18.3 Å². The van der Waals surface area contributed by atoms with E-state index in [0.717, 1.165) is 5.56 Å². The summed E-state index contributed by atoms with van der Waals surface area (Å²) in [5, 5.41) is 24.8. The number of H-pyrrole nitrogens is 1. The summed E-state index contributed by atoms with van der Waals surface area (Å²) in [4.78, 5) is 11.8. The van der Waals surface area contributed by atoms with Crippen molar-refractivity contribution >= 4 is 28.5 Å². The Morgan fingerprint density at radius 1 is 1.34 bits per heavy atom. The number of hydrogen-bond acceptors (Lipinski definition) is 6. The summed E-state index contributed by atoms with van der Waals surface area (Å²) in [6, 6.07) is 2.96. The number of rotatable bonds is 5. The van der Waals surface area contributed by atoms with Gasteiger partial charge in [-0.05, 0) is 43.9 Å². The SMILES string of the molecule is CC(C)c1c(C(C)(C)O)[nH]c2c(F)cc(-c3nc(N[C@@H]4CCOC[C@H]4O)ncc3Cl)cc12. The molecule has 32 heavy (non-hydrogen) atoms. The number of nitrogens with zero attached hydrogens (tertiary/aromatic N) is 2. The second kappa shape index (κ2) is 8.59. The number of benzene rings is 1. The first-order valence-electron chi connectivity index (χ1n) is 10.7. The highest BCUT2D eigenvalue weighted by atomic mass is 35.5. The van der Waals surface area contributed by atoms with Crippen molar-refractivity contribution in [2.24, 2.45) is 0 Å². The highest BCUT2D eigenvalue weighted by molar-refractivity contribution is 6.33. The van der Waals surface area contributed by atoms with Gasteiger partial charge in [0.25, 0.3) is 0 Å². The van der Waals surface area contributed by atoms with Gasteiger partial charge in [-0.1, -0.05) is 25.4 Å². The Balaban J connectivity index is 1.80. The molecule has 0 bridgehead atoms. The molecule has 7 nitrogen and oxygen atoms in total. The molecule has 0 amide bonds. The highest BCUT2D eigenvalue weighted by Crippen LogP contribution is 2.39. The number of aromatic nitrogens is 3. The molecule has 0 unspecified atom stereocenters. The van der Waals surface area contributed by atoms with Crippen molar-refractivity contribution in [2.75, 3.05) is 18.5 Å². The number of fused-ring (bicyclic) bond motifs is 1. The predicted molar refractivity (Wildman–Crippen MR) is 122 cm³/mol. The van der Waals surface area contributed by atoms with Crippen LogP contribution in [0.5, 0.6) is 0 Å². The standard InChI is InChI=1S/C23H28ClFN4O3/c1-11(2)18-13-7-12(8-15(25)20(13)28-21(18)23(3,4)31)19-14(24)9-26-22(29-19)27-16-5-6-32-10-17(16)30/h7-9,11,16-17,28,30-31H,5-6,10H2,1-4H3,(H,26,27,29)/t16-,17-/m1/s1. The molecule has 3 aromatic rings. The van der Waals surface area contributed by atoms with E-state index >= 15 is 4.39 Å². The van der Waals surface area contributed by atoms with Gasteiger partial charge in [0.05, 0.1) is 52.5 Å². The topological polar surface area (TPSA) is 103 Å². The first-order valence-corrected chi connectivity index (χ1v) is 11.1. The van der Waals surface area contributed by atoms with E-state index in [-0.39, 0.29) is 23.6 Å². The first-order chi connectivity index (χ1) is 15.1. The molecule has 0 aliphatic carbocycles. The minimum atomic E-state index is -1.15. The van der Waals surface area contributed by atoms with Gasteiger partial charge in [-0.2, -0.15) is 0 Å². The van der Waals surface area contributed by atoms with Crippen LogP contribution in [0.3, 0.4) is 0 Å². The van der Waals surface area contributed by atoms with Crippen molar-refractivity contribution in [3.05, 3.63) is 40.4 Å². The van der Waals surface area contributed by atoms with Crippen LogP contribution in [0.4, 0.5) is 10.3 Å². The summed E-state index contributed by atoms with van der Waals surface area (Å²) in [6.45, 7) is 8.13. The summed E-state index contributed by atoms with van der Waals surface area (Å²) in [5.41, 5.74) is 1.50. The minimum Gasteiger partial charge on any atom is -0.389 e. The van der Waals surface area contributed by atoms with Gasteiger partial charge in [0.2, 0.25) is 5.95 Å². The lowest BCUT2D eigenvalue weighted by atomic mass is 9.92. The number of hydrogen-bond donors (Lipinski definition) is 4. The van der Waals surface area contributed by atoms with Gasteiger partial charge in [0.1, 0.15) is 5.82 Å². The molecule has 0 spiro atoms. The first kappa shape index (κ1) is 22.9. The molecule has 2 aromatic heterocycles. The largest absolute Gasteiger partial charge is 0.389 e. The maximum atomic E-state index is 15.2. The van der Waals surface area contributed by atoms with E-state index in [0.29, 0.717) is 46.8 Å². The normalized spacial score (nSPS) is 19.7. The van der Waals surface area contributed by atoms with E-state index < -0.39 is 17.5 Å². The third-order valence-electron chi connectivity index (χ3n) is 5.75. The molecular weight excluding hydrogens is 435 g/mol. The Morgan fingerprint density at radius 2 is 2.09 bits per heavy atom. The number of aliphatic hydroxyl groups excluding tert-OH is 1. The number of ether oxygens (including phenoxy) is 1. The van der Waals surface area contributed by atoms with E-state index in [4.69, 9.17) is 16.3 Å². The molecular formula is C23H28ClFN4O3. The molecule has 3 heterocycles. The summed E-state index contributed by atoms with van der Waals surface area (Å²) < 4.78 is 20.4. The van der Waals surface area contributed by atoms with Crippen LogP contribution in [0.1, 0.15) is 51.3 Å². The number of aromatic amines is 1. The summed E-state index contributed by atoms with van der Waals surface area (Å²) in [5.74, 6) is -0.113. The second-order valence-electron chi connectivity index (χ2n) is 9.08. The van der Waals surface area contributed by atoms with Crippen molar-refractivity contribution in [1.29, 1.82) is 0 Å². The summed E-state index contributed by atoms with van der Waals surface area (Å²) >= 11 is 6.39. The third kappa shape index (κ3) is 4.32. The van der Waals surface area contributed by atoms with E-state index in [1.54, 1.807) is 13.8 Å². The molecule has 4 N–H and O–H groups in total. The van der Waals surface area contributed by atoms with Crippen LogP contribution >= 0.6 is 11.6 Å². The Hall–Kier alpha value is -2.26. The third-order valence-corrected chi connectivity index (χ3v) is 6.02. The van der Waals surface area contributed by atoms with Crippen LogP contribution < -0.4 is 5.32 Å². The fraction of sp³-hybridized carbons (Fsp3) is 0.478. The van der Waals surface area contributed by atoms with Gasteiger partial charge in [0, 0.05) is 17.6 Å². The Morgan fingerprint density at radius 3 is 2.75 bits per heavy atom. The average Bonchev–Trinajstić information content (AvgIpc) is 3.12. The Bertz CT molecular complexity index is 1140. The van der Waals surface area contributed by atoms with E-state index in [1.807, 2.05) is 19.9 Å². The molecule has 2 atom stereocenters. The molecule has 1 saturated heterocycles. The van der Waals surface area contributed by atoms with Crippen LogP contribution in [0, 0.1) is 5.82 Å².